The summed E-state index contributed by atoms with van der Waals surface area (Å²) in [5.74, 6) is -0.813. The summed E-state index contributed by atoms with van der Waals surface area (Å²) in [4.78, 5) is 43.0. The molecule has 3 fully saturated rings. The van der Waals surface area contributed by atoms with Gasteiger partial charge in [-0.2, -0.15) is 0 Å². The van der Waals surface area contributed by atoms with Crippen LogP contribution in [0.4, 0.5) is 11.4 Å². The number of rotatable bonds is 10. The highest BCUT2D eigenvalue weighted by atomic mass is 32.2. The average Bonchev–Trinajstić information content (AvgIpc) is 3.55. The first-order valence-corrected chi connectivity index (χ1v) is 13.8. The van der Waals surface area contributed by atoms with Crippen LogP contribution >= 0.6 is 11.8 Å². The quantitative estimate of drug-likeness (QED) is 0.411. The van der Waals surface area contributed by atoms with Crippen molar-refractivity contribution in [3.63, 3.8) is 0 Å². The lowest BCUT2D eigenvalue weighted by atomic mass is 9.70. The Morgan fingerprint density at radius 2 is 1.73 bits per heavy atom. The van der Waals surface area contributed by atoms with Crippen LogP contribution in [0.5, 0.6) is 5.75 Å². The van der Waals surface area contributed by atoms with Gasteiger partial charge >= 0.3 is 0 Å². The van der Waals surface area contributed by atoms with Gasteiger partial charge in [-0.1, -0.05) is 18.2 Å². The fourth-order valence-electron chi connectivity index (χ4n) is 6.20. The SMILES string of the molecule is COc1ccc(NC(=O)C2N(CCCCCO)C(=O)[C@@H]3[C@H](C(=O)Nc4ccccc4)[C@@H]4CCC23S4)cc1. The molecule has 0 aliphatic carbocycles. The Hall–Kier alpha value is -3.04. The highest BCUT2D eigenvalue weighted by molar-refractivity contribution is 8.02. The third kappa shape index (κ3) is 4.70. The summed E-state index contributed by atoms with van der Waals surface area (Å²) in [6, 6.07) is 15.7. The van der Waals surface area contributed by atoms with Crippen LogP contribution in [-0.2, 0) is 14.4 Å². The summed E-state index contributed by atoms with van der Waals surface area (Å²) in [5.41, 5.74) is 1.34. The third-order valence-corrected chi connectivity index (χ3v) is 9.76. The number of aliphatic hydroxyl groups is 1. The maximum Gasteiger partial charge on any atom is 0.248 e. The highest BCUT2D eigenvalue weighted by Crippen LogP contribution is 2.66. The number of hydrogen-bond acceptors (Lipinski definition) is 6. The molecule has 9 heteroatoms. The van der Waals surface area contributed by atoms with Crippen molar-refractivity contribution in [1.82, 2.24) is 4.90 Å². The number of thioether (sulfide) groups is 1. The van der Waals surface area contributed by atoms with Crippen LogP contribution in [0, 0.1) is 11.8 Å². The van der Waals surface area contributed by atoms with E-state index in [2.05, 4.69) is 10.6 Å². The van der Waals surface area contributed by atoms with E-state index < -0.39 is 22.6 Å². The number of benzene rings is 2. The summed E-state index contributed by atoms with van der Waals surface area (Å²) < 4.78 is 4.59. The second-order valence-corrected chi connectivity index (χ2v) is 11.5. The topological polar surface area (TPSA) is 108 Å². The number of carbonyl (C=O) groups is 3. The van der Waals surface area contributed by atoms with Gasteiger partial charge in [0, 0.05) is 29.8 Å². The minimum atomic E-state index is -0.661. The number of carbonyl (C=O) groups excluding carboxylic acids is 3. The summed E-state index contributed by atoms with van der Waals surface area (Å²) in [7, 11) is 1.59. The number of unbranched alkanes of at least 4 members (excludes halogenated alkanes) is 2. The predicted molar refractivity (Wildman–Crippen MR) is 143 cm³/mol. The first-order chi connectivity index (χ1) is 18.0. The number of likely N-dealkylation sites (tertiary alicyclic amines) is 1. The number of fused-ring (bicyclic) bond motifs is 1. The fourth-order valence-corrected chi connectivity index (χ4v) is 8.42. The molecule has 2 unspecified atom stereocenters. The van der Waals surface area contributed by atoms with Crippen LogP contribution in [0.3, 0.4) is 0 Å². The summed E-state index contributed by atoms with van der Waals surface area (Å²) >= 11 is 1.66. The lowest BCUT2D eigenvalue weighted by Gasteiger charge is -2.34. The van der Waals surface area contributed by atoms with Crippen LogP contribution in [0.25, 0.3) is 0 Å². The molecular weight excluding hydrogens is 490 g/mol. The van der Waals surface area contributed by atoms with Crippen molar-refractivity contribution in [1.29, 1.82) is 0 Å². The van der Waals surface area contributed by atoms with Gasteiger partial charge in [0.25, 0.3) is 0 Å². The predicted octanol–water partition coefficient (Wildman–Crippen LogP) is 3.53. The number of ether oxygens (including phenoxy) is 1. The smallest absolute Gasteiger partial charge is 0.248 e. The summed E-state index contributed by atoms with van der Waals surface area (Å²) in [5, 5.41) is 15.2. The van der Waals surface area contributed by atoms with Crippen molar-refractivity contribution in [2.45, 2.75) is 48.1 Å². The Morgan fingerprint density at radius 1 is 1.03 bits per heavy atom. The van der Waals surface area contributed by atoms with Gasteiger partial charge in [0.1, 0.15) is 11.8 Å². The first-order valence-electron chi connectivity index (χ1n) is 12.9. The van der Waals surface area contributed by atoms with Gasteiger partial charge in [0.15, 0.2) is 0 Å². The minimum absolute atomic E-state index is 0.00508. The van der Waals surface area contributed by atoms with E-state index in [0.717, 1.165) is 19.3 Å². The second-order valence-electron chi connectivity index (χ2n) is 9.94. The van der Waals surface area contributed by atoms with Gasteiger partial charge in [-0.05, 0) is 68.5 Å². The molecule has 3 N–H and O–H groups in total. The normalized spacial score (nSPS) is 27.7. The molecule has 3 saturated heterocycles. The Balaban J connectivity index is 1.42. The van der Waals surface area contributed by atoms with Crippen molar-refractivity contribution >= 4 is 40.9 Å². The molecule has 2 aromatic carbocycles. The third-order valence-electron chi connectivity index (χ3n) is 7.81. The molecule has 37 heavy (non-hydrogen) atoms. The van der Waals surface area contributed by atoms with Crippen molar-refractivity contribution in [2.24, 2.45) is 11.8 Å². The molecule has 3 aliphatic rings. The maximum atomic E-state index is 13.9. The number of methoxy groups -OCH3 is 1. The van der Waals surface area contributed by atoms with E-state index in [-0.39, 0.29) is 29.6 Å². The molecule has 0 aromatic heterocycles. The van der Waals surface area contributed by atoms with Crippen LogP contribution in [0.1, 0.15) is 32.1 Å². The monoisotopic (exact) mass is 523 g/mol. The molecule has 1 spiro atoms. The molecule has 0 saturated carbocycles. The Bertz CT molecular complexity index is 1140. The van der Waals surface area contributed by atoms with E-state index in [0.29, 0.717) is 36.5 Å². The average molecular weight is 524 g/mol. The summed E-state index contributed by atoms with van der Waals surface area (Å²) in [6.07, 6.45) is 3.63. The van der Waals surface area contributed by atoms with Gasteiger partial charge < -0.3 is 25.4 Å². The molecule has 2 bridgehead atoms. The molecule has 0 radical (unpaired) electrons. The van der Waals surface area contributed by atoms with Crippen LogP contribution in [-0.4, -0.2) is 64.0 Å². The van der Waals surface area contributed by atoms with E-state index in [1.165, 1.54) is 0 Å². The molecular formula is C28H33N3O5S. The van der Waals surface area contributed by atoms with Crippen molar-refractivity contribution in [2.75, 3.05) is 30.9 Å². The molecule has 8 nitrogen and oxygen atoms in total. The lowest BCUT2D eigenvalue weighted by molar-refractivity contribution is -0.138. The van der Waals surface area contributed by atoms with E-state index in [1.54, 1.807) is 48.0 Å². The maximum absolute atomic E-state index is 13.9. The Kier molecular flexibility index (Phi) is 7.44. The number of para-hydroxylation sites is 1. The number of nitrogens with one attached hydrogen (secondary N) is 2. The Labute approximate surface area is 221 Å². The number of amides is 3. The minimum Gasteiger partial charge on any atom is -0.497 e. The van der Waals surface area contributed by atoms with E-state index in [1.807, 2.05) is 30.3 Å². The van der Waals surface area contributed by atoms with Crippen molar-refractivity contribution in [3.8, 4) is 5.75 Å². The molecule has 5 atom stereocenters. The van der Waals surface area contributed by atoms with Gasteiger partial charge in [-0.15, -0.1) is 11.8 Å². The lowest BCUT2D eigenvalue weighted by Crippen LogP contribution is -2.51. The van der Waals surface area contributed by atoms with Crippen molar-refractivity contribution in [3.05, 3.63) is 54.6 Å². The zero-order chi connectivity index (χ0) is 26.0. The van der Waals surface area contributed by atoms with Crippen LogP contribution in [0.15, 0.2) is 54.6 Å². The second kappa shape index (κ2) is 10.8. The van der Waals surface area contributed by atoms with Crippen LogP contribution < -0.4 is 15.4 Å². The van der Waals surface area contributed by atoms with Crippen molar-refractivity contribution < 1.29 is 24.2 Å². The molecule has 2 aromatic rings. The highest BCUT2D eigenvalue weighted by Gasteiger charge is 2.73. The molecule has 3 aliphatic heterocycles. The number of nitrogens with zero attached hydrogens (tertiary/aromatic N) is 1. The first kappa shape index (κ1) is 25.6. The standard InChI is InChI=1S/C28H33N3O5S/c1-36-20-12-10-19(11-13-20)30-26(34)24-28-15-14-21(37-28)22(25(33)29-18-8-4-2-5-9-18)23(28)27(35)31(24)16-6-3-7-17-32/h2,4-5,8-13,21-24,32H,3,6-7,14-17H2,1H3,(H,29,33)(H,30,34)/t21-,22+,23-,24?,28?/m0/s1. The molecule has 196 valence electrons. The van der Waals surface area contributed by atoms with Gasteiger partial charge in [-0.3, -0.25) is 14.4 Å². The van der Waals surface area contributed by atoms with E-state index in [9.17, 15) is 19.5 Å². The van der Waals surface area contributed by atoms with E-state index in [4.69, 9.17) is 4.74 Å². The summed E-state index contributed by atoms with van der Waals surface area (Å²) in [6.45, 7) is 0.525. The Morgan fingerprint density at radius 3 is 2.43 bits per heavy atom. The largest absolute Gasteiger partial charge is 0.497 e. The number of aliphatic hydroxyl groups excluding tert-OH is 1. The number of hydrogen-bond donors (Lipinski definition) is 3. The fraction of sp³-hybridized carbons (Fsp3) is 0.464. The van der Waals surface area contributed by atoms with E-state index >= 15 is 0 Å². The zero-order valence-corrected chi connectivity index (χ0v) is 21.7. The van der Waals surface area contributed by atoms with Gasteiger partial charge in [0.05, 0.1) is 23.7 Å². The molecule has 5 rings (SSSR count). The number of anilines is 2. The van der Waals surface area contributed by atoms with Gasteiger partial charge in [0.2, 0.25) is 17.7 Å². The van der Waals surface area contributed by atoms with Gasteiger partial charge in [-0.25, -0.2) is 0 Å². The van der Waals surface area contributed by atoms with Crippen LogP contribution in [0.2, 0.25) is 0 Å². The molecule has 3 heterocycles. The zero-order valence-electron chi connectivity index (χ0n) is 20.9. The molecule has 3 amide bonds.